The van der Waals surface area contributed by atoms with Crippen molar-refractivity contribution in [3.63, 3.8) is 0 Å². The molecule has 0 aromatic heterocycles. The van der Waals surface area contributed by atoms with Crippen molar-refractivity contribution in [3.8, 4) is 22.6 Å². The maximum atomic E-state index is 12.0. The maximum absolute atomic E-state index is 12.0. The van der Waals surface area contributed by atoms with E-state index in [9.17, 15) is 14.8 Å². The van der Waals surface area contributed by atoms with Crippen LogP contribution in [0.1, 0.15) is 54.2 Å². The fourth-order valence-corrected chi connectivity index (χ4v) is 3.51. The summed E-state index contributed by atoms with van der Waals surface area (Å²) in [6.07, 6.45) is 1.30. The summed E-state index contributed by atoms with van der Waals surface area (Å²) in [7, 11) is 0. The largest absolute Gasteiger partial charge is 0.506 e. The Kier molecular flexibility index (Phi) is 4.11. The van der Waals surface area contributed by atoms with Gasteiger partial charge in [-0.05, 0) is 44.4 Å². The second-order valence-electron chi connectivity index (χ2n) is 6.94. The van der Waals surface area contributed by atoms with Crippen LogP contribution in [0.2, 0.25) is 0 Å². The zero-order valence-corrected chi connectivity index (χ0v) is 14.8. The van der Waals surface area contributed by atoms with E-state index < -0.39 is 11.5 Å². The van der Waals surface area contributed by atoms with Gasteiger partial charge in [-0.15, -0.1) is 4.91 Å². The quantitative estimate of drug-likeness (QED) is 0.811. The lowest BCUT2D eigenvalue weighted by atomic mass is 9.83. The molecule has 2 aromatic rings. The zero-order chi connectivity index (χ0) is 18.4. The van der Waals surface area contributed by atoms with E-state index in [1.54, 1.807) is 6.07 Å². The minimum absolute atomic E-state index is 0.0219. The Morgan fingerprint density at radius 3 is 2.64 bits per heavy atom. The van der Waals surface area contributed by atoms with Gasteiger partial charge in [-0.2, -0.15) is 0 Å². The third-order valence-electron chi connectivity index (χ3n) is 4.62. The number of carbonyl (C=O) groups excluding carboxylic acids is 1. The highest BCUT2D eigenvalue weighted by atomic mass is 16.5. The molecule has 1 N–H and O–H groups in total. The number of hydrogen-bond donors (Lipinski definition) is 1. The molecule has 1 amide bonds. The number of ether oxygens (including phenoxy) is 1. The van der Waals surface area contributed by atoms with E-state index in [4.69, 9.17) is 4.74 Å². The van der Waals surface area contributed by atoms with Gasteiger partial charge in [-0.25, -0.2) is 0 Å². The third-order valence-corrected chi connectivity index (χ3v) is 4.62. The number of rotatable bonds is 3. The van der Waals surface area contributed by atoms with Crippen LogP contribution in [0.3, 0.4) is 0 Å². The van der Waals surface area contributed by atoms with Crippen LogP contribution in [0.25, 0.3) is 11.1 Å². The number of nitroso groups, excluding NO2 is 1. The van der Waals surface area contributed by atoms with Gasteiger partial charge in [-0.1, -0.05) is 37.1 Å². The molecular weight excluding hydrogens is 318 g/mol. The molecule has 2 aromatic carbocycles. The van der Waals surface area contributed by atoms with Crippen molar-refractivity contribution < 1.29 is 14.6 Å². The van der Waals surface area contributed by atoms with E-state index >= 15 is 0 Å². The van der Waals surface area contributed by atoms with Crippen LogP contribution in [0.4, 0.5) is 0 Å². The molecule has 1 heterocycles. The van der Waals surface area contributed by atoms with Crippen LogP contribution in [0, 0.1) is 11.8 Å². The van der Waals surface area contributed by atoms with Crippen LogP contribution in [0.15, 0.2) is 29.4 Å². The van der Waals surface area contributed by atoms with Crippen molar-refractivity contribution in [2.24, 2.45) is 5.18 Å². The smallest absolute Gasteiger partial charge is 0.320 e. The molecule has 0 saturated carbocycles. The van der Waals surface area contributed by atoms with E-state index in [-0.39, 0.29) is 11.3 Å². The minimum Gasteiger partial charge on any atom is -0.506 e. The molecule has 0 unspecified atom stereocenters. The van der Waals surface area contributed by atoms with Gasteiger partial charge in [0.15, 0.2) is 0 Å². The third kappa shape index (κ3) is 2.69. The Balaban J connectivity index is 2.38. The molecule has 0 radical (unpaired) electrons. The molecule has 0 bridgehead atoms. The standard InChI is InChI=1S/C20H21NO4/c1-5-6-12-10-15-17(18(22)16(12)19(23)21-24)13-9-11(2)7-8-14(13)20(3,4)25-15/h7-10,22H,5-6H2,1-4H3. The molecule has 0 fully saturated rings. The molecular formula is C20H21NO4. The normalized spacial score (nSPS) is 14.2. The molecule has 5 heteroatoms. The molecule has 0 atom stereocenters. The number of fused-ring (bicyclic) bond motifs is 3. The summed E-state index contributed by atoms with van der Waals surface area (Å²) in [6.45, 7) is 7.85. The summed E-state index contributed by atoms with van der Waals surface area (Å²) >= 11 is 0. The topological polar surface area (TPSA) is 76.0 Å². The summed E-state index contributed by atoms with van der Waals surface area (Å²) in [5.41, 5.74) is 3.20. The van der Waals surface area contributed by atoms with Crippen molar-refractivity contribution in [2.45, 2.75) is 46.1 Å². The highest BCUT2D eigenvalue weighted by Gasteiger charge is 2.36. The van der Waals surface area contributed by atoms with Gasteiger partial charge in [0, 0.05) is 10.7 Å². The molecule has 1 aliphatic heterocycles. The van der Waals surface area contributed by atoms with Crippen molar-refractivity contribution >= 4 is 5.91 Å². The molecule has 130 valence electrons. The Morgan fingerprint density at radius 2 is 2.00 bits per heavy atom. The lowest BCUT2D eigenvalue weighted by Crippen LogP contribution is -2.29. The summed E-state index contributed by atoms with van der Waals surface area (Å²) in [5.74, 6) is -0.665. The number of phenols is 1. The van der Waals surface area contributed by atoms with Crippen LogP contribution in [-0.2, 0) is 12.0 Å². The van der Waals surface area contributed by atoms with Crippen LogP contribution in [-0.4, -0.2) is 11.0 Å². The van der Waals surface area contributed by atoms with Crippen LogP contribution in [0.5, 0.6) is 11.5 Å². The number of phenolic OH excluding ortho intramolecular Hbond substituents is 1. The first-order valence-electron chi connectivity index (χ1n) is 8.37. The average Bonchev–Trinajstić information content (AvgIpc) is 2.53. The highest BCUT2D eigenvalue weighted by molar-refractivity contribution is 6.02. The molecule has 1 aliphatic rings. The Labute approximate surface area is 146 Å². The second kappa shape index (κ2) is 5.99. The molecule has 3 rings (SSSR count). The first kappa shape index (κ1) is 17.1. The number of aryl methyl sites for hydroxylation is 2. The van der Waals surface area contributed by atoms with Crippen molar-refractivity contribution in [1.82, 2.24) is 0 Å². The fraction of sp³-hybridized carbons (Fsp3) is 0.350. The monoisotopic (exact) mass is 339 g/mol. The number of carbonyl (C=O) groups is 1. The fourth-order valence-electron chi connectivity index (χ4n) is 3.51. The molecule has 0 aliphatic carbocycles. The van der Waals surface area contributed by atoms with Crippen LogP contribution >= 0.6 is 0 Å². The maximum Gasteiger partial charge on any atom is 0.320 e. The molecule has 25 heavy (non-hydrogen) atoms. The lowest BCUT2D eigenvalue weighted by molar-refractivity contribution is 0.0994. The lowest BCUT2D eigenvalue weighted by Gasteiger charge is -2.36. The summed E-state index contributed by atoms with van der Waals surface area (Å²) < 4.78 is 6.14. The number of hydrogen-bond acceptors (Lipinski definition) is 4. The number of nitrogens with zero attached hydrogens (tertiary/aromatic N) is 1. The summed E-state index contributed by atoms with van der Waals surface area (Å²) in [4.78, 5) is 22.9. The van der Waals surface area contributed by atoms with Crippen molar-refractivity contribution in [2.75, 3.05) is 0 Å². The first-order valence-corrected chi connectivity index (χ1v) is 8.37. The summed E-state index contributed by atoms with van der Waals surface area (Å²) in [6, 6.07) is 7.66. The van der Waals surface area contributed by atoms with Gasteiger partial charge >= 0.3 is 5.91 Å². The molecule has 5 nitrogen and oxygen atoms in total. The first-order chi connectivity index (χ1) is 11.8. The van der Waals surface area contributed by atoms with E-state index in [0.717, 1.165) is 23.1 Å². The summed E-state index contributed by atoms with van der Waals surface area (Å²) in [5, 5.41) is 13.4. The number of aromatic hydroxyl groups is 1. The van der Waals surface area contributed by atoms with Gasteiger partial charge in [0.25, 0.3) is 0 Å². The van der Waals surface area contributed by atoms with Gasteiger partial charge in [0.05, 0.1) is 11.1 Å². The van der Waals surface area contributed by atoms with Gasteiger partial charge in [0.1, 0.15) is 17.1 Å². The number of amides is 1. The van der Waals surface area contributed by atoms with E-state index in [1.807, 2.05) is 45.9 Å². The Hall–Kier alpha value is -2.69. The van der Waals surface area contributed by atoms with Crippen LogP contribution < -0.4 is 4.74 Å². The second-order valence-corrected chi connectivity index (χ2v) is 6.94. The molecule has 0 saturated heterocycles. The number of benzene rings is 2. The minimum atomic E-state index is -0.956. The van der Waals surface area contributed by atoms with Gasteiger partial charge < -0.3 is 9.84 Å². The molecule has 0 spiro atoms. The van der Waals surface area contributed by atoms with E-state index in [2.05, 4.69) is 5.18 Å². The average molecular weight is 339 g/mol. The van der Waals surface area contributed by atoms with Gasteiger partial charge in [0.2, 0.25) is 0 Å². The zero-order valence-electron chi connectivity index (χ0n) is 14.8. The van der Waals surface area contributed by atoms with E-state index in [0.29, 0.717) is 23.3 Å². The Bertz CT molecular complexity index is 884. The van der Waals surface area contributed by atoms with Crippen molar-refractivity contribution in [3.05, 3.63) is 51.4 Å². The predicted molar refractivity (Wildman–Crippen MR) is 96.1 cm³/mol. The SMILES string of the molecule is CCCc1cc2c(c(O)c1C(=O)N=O)-c1cc(C)ccc1C(C)(C)O2. The predicted octanol–water partition coefficient (Wildman–Crippen LogP) is 4.85. The van der Waals surface area contributed by atoms with Crippen molar-refractivity contribution in [1.29, 1.82) is 0 Å². The van der Waals surface area contributed by atoms with Gasteiger partial charge in [-0.3, -0.25) is 4.79 Å². The highest BCUT2D eigenvalue weighted by Crippen LogP contribution is 2.51. The van der Waals surface area contributed by atoms with E-state index in [1.165, 1.54) is 0 Å². The Morgan fingerprint density at radius 1 is 1.28 bits per heavy atom.